The highest BCUT2D eigenvalue weighted by atomic mass is 127. The molecule has 0 atom stereocenters. The van der Waals surface area contributed by atoms with Crippen molar-refractivity contribution in [2.75, 3.05) is 20.0 Å². The van der Waals surface area contributed by atoms with Gasteiger partial charge in [0.2, 0.25) is 4.08 Å². The van der Waals surface area contributed by atoms with Crippen LogP contribution in [0, 0.1) is 3.57 Å². The Balaban J connectivity index is 2.70. The van der Waals surface area contributed by atoms with Gasteiger partial charge >= 0.3 is 31.3 Å². The molecule has 0 saturated carbocycles. The van der Waals surface area contributed by atoms with Crippen LogP contribution in [0.5, 0.6) is 0 Å². The number of hydrogen-bond acceptors (Lipinski definition) is 4. The fourth-order valence-corrected chi connectivity index (χ4v) is 3.52. The molecule has 94 valence electrons. The molecule has 0 N–H and O–H groups in total. The lowest BCUT2D eigenvalue weighted by atomic mass is 10.4. The molecule has 0 spiro atoms. The molecular formula is C11H14IO4S+. The third-order valence-electron chi connectivity index (χ3n) is 1.58. The largest absolute Gasteiger partial charge is 0.380 e. The van der Waals surface area contributed by atoms with Gasteiger partial charge in [0.15, 0.2) is 9.33 Å². The molecule has 0 amide bonds. The van der Waals surface area contributed by atoms with Gasteiger partial charge < -0.3 is 8.92 Å². The zero-order valence-corrected chi connectivity index (χ0v) is 12.6. The van der Waals surface area contributed by atoms with Gasteiger partial charge in [-0.15, -0.1) is 0 Å². The molecule has 4 nitrogen and oxygen atoms in total. The molecule has 0 heterocycles. The summed E-state index contributed by atoms with van der Waals surface area (Å²) in [5.41, 5.74) is 0. The molecule has 0 aliphatic rings. The van der Waals surface area contributed by atoms with Crippen LogP contribution < -0.4 is 21.2 Å². The summed E-state index contributed by atoms with van der Waals surface area (Å²) < 4.78 is 34.8. The maximum Gasteiger partial charge on any atom is 0.353 e. The molecular weight excluding hydrogens is 355 g/mol. The minimum atomic E-state index is -3.48. The molecule has 1 aromatic carbocycles. The fraction of sp³-hybridized carbons (Fsp3) is 0.273. The van der Waals surface area contributed by atoms with Crippen molar-refractivity contribution in [3.8, 4) is 0 Å². The Morgan fingerprint density at radius 1 is 1.35 bits per heavy atom. The van der Waals surface area contributed by atoms with Gasteiger partial charge in [-0.2, -0.15) is 8.42 Å². The Bertz CT molecular complexity index is 468. The van der Waals surface area contributed by atoms with E-state index < -0.39 is 31.3 Å². The van der Waals surface area contributed by atoms with Gasteiger partial charge in [-0.05, 0) is 12.1 Å². The minimum absolute atomic E-state index is 0.166. The van der Waals surface area contributed by atoms with Crippen LogP contribution in [0.25, 0.3) is 0 Å². The number of benzene rings is 1. The van der Waals surface area contributed by atoms with Crippen molar-refractivity contribution in [1.29, 1.82) is 0 Å². The molecule has 0 saturated heterocycles. The minimum Gasteiger partial charge on any atom is -0.380 e. The molecule has 1 rings (SSSR count). The number of halogens is 1. The van der Waals surface area contributed by atoms with Gasteiger partial charge in [0.25, 0.3) is 0 Å². The summed E-state index contributed by atoms with van der Waals surface area (Å²) in [5.74, 6) is 0.353. The van der Waals surface area contributed by atoms with Crippen molar-refractivity contribution in [2.24, 2.45) is 0 Å². The van der Waals surface area contributed by atoms with E-state index in [1.54, 1.807) is 0 Å². The summed E-state index contributed by atoms with van der Waals surface area (Å²) in [7, 11) is -1.98. The predicted octanol–water partition coefficient (Wildman–Crippen LogP) is -1.59. The molecule has 0 radical (unpaired) electrons. The van der Waals surface area contributed by atoms with Crippen molar-refractivity contribution >= 4 is 10.1 Å². The summed E-state index contributed by atoms with van der Waals surface area (Å²) in [6.07, 6.45) is 1.03. The Morgan fingerprint density at radius 3 is 2.53 bits per heavy atom. The lowest BCUT2D eigenvalue weighted by Crippen LogP contribution is -3.59. The van der Waals surface area contributed by atoms with E-state index in [1.807, 2.05) is 34.4 Å². The summed E-state index contributed by atoms with van der Waals surface area (Å²) in [4.78, 5) is 0. The van der Waals surface area contributed by atoms with Crippen LogP contribution in [0.1, 0.15) is 0 Å². The molecule has 0 bridgehead atoms. The second kappa shape index (κ2) is 6.97. The van der Waals surface area contributed by atoms with E-state index in [2.05, 4.69) is 0 Å². The van der Waals surface area contributed by atoms with Crippen molar-refractivity contribution in [3.05, 3.63) is 43.7 Å². The van der Waals surface area contributed by atoms with E-state index in [4.69, 9.17) is 8.92 Å². The molecule has 0 aliphatic heterocycles. The van der Waals surface area contributed by atoms with Crippen LogP contribution in [0.4, 0.5) is 0 Å². The van der Waals surface area contributed by atoms with E-state index in [1.165, 1.54) is 10.7 Å². The summed E-state index contributed by atoms with van der Waals surface area (Å²) in [6, 6.07) is 9.87. The second-order valence-electron chi connectivity index (χ2n) is 3.20. The number of methoxy groups -OCH3 is 1. The maximum atomic E-state index is 11.0. The predicted molar refractivity (Wildman–Crippen MR) is 61.0 cm³/mol. The SMILES string of the molecule is COC/C(=C\[I+]c1ccccc1)OS(C)(=O)=O. The lowest BCUT2D eigenvalue weighted by molar-refractivity contribution is -0.558. The van der Waals surface area contributed by atoms with E-state index in [0.717, 1.165) is 6.26 Å². The van der Waals surface area contributed by atoms with Crippen molar-refractivity contribution in [3.63, 3.8) is 0 Å². The normalized spacial score (nSPS) is 12.5. The topological polar surface area (TPSA) is 52.6 Å². The zero-order chi connectivity index (χ0) is 12.7. The molecule has 6 heteroatoms. The molecule has 0 unspecified atom stereocenters. The third-order valence-corrected chi connectivity index (χ3v) is 4.54. The van der Waals surface area contributed by atoms with Crippen LogP contribution in [-0.4, -0.2) is 28.4 Å². The highest BCUT2D eigenvalue weighted by molar-refractivity contribution is 7.86. The zero-order valence-electron chi connectivity index (χ0n) is 9.59. The van der Waals surface area contributed by atoms with Crippen molar-refractivity contribution in [1.82, 2.24) is 0 Å². The second-order valence-corrected chi connectivity index (χ2v) is 7.27. The van der Waals surface area contributed by atoms with E-state index in [0.29, 0.717) is 5.76 Å². The fourth-order valence-electron chi connectivity index (χ4n) is 1.02. The van der Waals surface area contributed by atoms with Gasteiger partial charge in [-0.1, -0.05) is 18.2 Å². The highest BCUT2D eigenvalue weighted by Crippen LogP contribution is 1.99. The maximum absolute atomic E-state index is 11.0. The number of hydrogen-bond donors (Lipinski definition) is 0. The van der Waals surface area contributed by atoms with E-state index in [-0.39, 0.29) is 6.61 Å². The summed E-state index contributed by atoms with van der Waals surface area (Å²) in [5, 5.41) is 0. The standard InChI is InChI=1S/C11H14IO4S/c1-15-9-11(16-17(2,13)14)8-12-10-6-4-3-5-7-10/h3-8H,9H2,1-2H3/q+1/b11-8+. The highest BCUT2D eigenvalue weighted by Gasteiger charge is 2.14. The van der Waals surface area contributed by atoms with Crippen LogP contribution in [0.3, 0.4) is 0 Å². The average molecular weight is 369 g/mol. The van der Waals surface area contributed by atoms with E-state index >= 15 is 0 Å². The Kier molecular flexibility index (Phi) is 5.93. The molecule has 0 aromatic heterocycles. The first kappa shape index (κ1) is 14.5. The monoisotopic (exact) mass is 369 g/mol. The van der Waals surface area contributed by atoms with Crippen LogP contribution >= 0.6 is 0 Å². The molecule has 1 aromatic rings. The van der Waals surface area contributed by atoms with Crippen LogP contribution in [0.15, 0.2) is 40.2 Å². The summed E-state index contributed by atoms with van der Waals surface area (Å²) >= 11 is -0.412. The number of rotatable bonds is 6. The van der Waals surface area contributed by atoms with Gasteiger partial charge in [0.05, 0.1) is 6.26 Å². The van der Waals surface area contributed by atoms with Gasteiger partial charge in [-0.25, -0.2) is 0 Å². The van der Waals surface area contributed by atoms with Crippen molar-refractivity contribution in [2.45, 2.75) is 0 Å². The lowest BCUT2D eigenvalue weighted by Gasteiger charge is -2.03. The smallest absolute Gasteiger partial charge is 0.353 e. The first-order valence-corrected chi connectivity index (χ1v) is 8.91. The quantitative estimate of drug-likeness (QED) is 0.345. The molecule has 0 fully saturated rings. The van der Waals surface area contributed by atoms with Gasteiger partial charge in [-0.3, -0.25) is 0 Å². The third kappa shape index (κ3) is 6.64. The first-order valence-electron chi connectivity index (χ1n) is 4.77. The van der Waals surface area contributed by atoms with Gasteiger partial charge in [0.1, 0.15) is 6.61 Å². The van der Waals surface area contributed by atoms with Gasteiger partial charge in [0, 0.05) is 7.11 Å². The Morgan fingerprint density at radius 2 is 2.00 bits per heavy atom. The van der Waals surface area contributed by atoms with E-state index in [9.17, 15) is 8.42 Å². The Hall–Kier alpha value is -0.600. The Labute approximate surface area is 112 Å². The van der Waals surface area contributed by atoms with Crippen molar-refractivity contribution < 1.29 is 38.5 Å². The average Bonchev–Trinajstić information content (AvgIpc) is 2.26. The number of ether oxygens (including phenoxy) is 1. The van der Waals surface area contributed by atoms with Crippen LogP contribution in [0.2, 0.25) is 0 Å². The molecule has 0 aliphatic carbocycles. The van der Waals surface area contributed by atoms with Crippen LogP contribution in [-0.2, 0) is 19.0 Å². The summed E-state index contributed by atoms with van der Waals surface area (Å²) in [6.45, 7) is 0.166. The molecule has 17 heavy (non-hydrogen) atoms. The first-order chi connectivity index (χ1) is 8.01.